The first kappa shape index (κ1) is 15.1. The quantitative estimate of drug-likeness (QED) is 0.382. The van der Waals surface area contributed by atoms with Crippen LogP contribution in [0.5, 0.6) is 0 Å². The second kappa shape index (κ2) is 8.21. The molecule has 0 amide bonds. The van der Waals surface area contributed by atoms with E-state index in [0.29, 0.717) is 6.42 Å². The van der Waals surface area contributed by atoms with Gasteiger partial charge >= 0.3 is 16.5 Å². The monoisotopic (exact) mass is 238 g/mol. The Labute approximate surface area is 82.9 Å². The van der Waals surface area contributed by atoms with Gasteiger partial charge in [0.05, 0.1) is 14.4 Å². The molecule has 12 heavy (non-hydrogen) atoms. The standard InChI is InChI=1S/C6H15O4P.Ni/c1-2-3-4-5-6-10-11(7,8)9;/h2-6H2,1H3,(H2,7,8,9);/q;+2/p-2. The Morgan fingerprint density at radius 2 is 1.83 bits per heavy atom. The van der Waals surface area contributed by atoms with Gasteiger partial charge in [0, 0.05) is 0 Å². The fraction of sp³-hybridized carbons (Fsp3) is 1.00. The molecular formula is C6H13NiO4P. The predicted molar refractivity (Wildman–Crippen MR) is 37.7 cm³/mol. The van der Waals surface area contributed by atoms with Gasteiger partial charge in [0.1, 0.15) is 0 Å². The molecule has 0 bridgehead atoms. The van der Waals surface area contributed by atoms with Gasteiger partial charge in [-0.05, 0) is 6.42 Å². The Morgan fingerprint density at radius 3 is 2.25 bits per heavy atom. The van der Waals surface area contributed by atoms with E-state index < -0.39 is 7.82 Å². The molecule has 0 N–H and O–H groups in total. The topological polar surface area (TPSA) is 72.4 Å². The van der Waals surface area contributed by atoms with Gasteiger partial charge in [0.2, 0.25) is 0 Å². The van der Waals surface area contributed by atoms with Gasteiger partial charge in [0.25, 0.3) is 0 Å². The number of phosphoric ester groups is 1. The first-order valence-electron chi connectivity index (χ1n) is 3.73. The Hall–Kier alpha value is 0.604. The van der Waals surface area contributed by atoms with Crippen molar-refractivity contribution in [3.8, 4) is 0 Å². The van der Waals surface area contributed by atoms with Gasteiger partial charge in [-0.3, -0.25) is 0 Å². The molecule has 0 unspecified atom stereocenters. The fourth-order valence-corrected chi connectivity index (χ4v) is 1.06. The largest absolute Gasteiger partial charge is 2.00 e. The van der Waals surface area contributed by atoms with Crippen molar-refractivity contribution in [2.24, 2.45) is 0 Å². The summed E-state index contributed by atoms with van der Waals surface area (Å²) in [4.78, 5) is 19.8. The molecule has 0 atom stereocenters. The summed E-state index contributed by atoms with van der Waals surface area (Å²) in [6.45, 7) is 2.08. The zero-order valence-electron chi connectivity index (χ0n) is 6.93. The number of hydrogen-bond donors (Lipinski definition) is 0. The number of unbranched alkanes of at least 4 members (excludes halogenated alkanes) is 3. The number of rotatable bonds is 6. The van der Waals surface area contributed by atoms with Crippen LogP contribution in [0.25, 0.3) is 0 Å². The minimum absolute atomic E-state index is 0. The third kappa shape index (κ3) is 13.2. The molecule has 0 fully saturated rings. The molecule has 0 aromatic heterocycles. The van der Waals surface area contributed by atoms with E-state index >= 15 is 0 Å². The van der Waals surface area contributed by atoms with E-state index in [4.69, 9.17) is 0 Å². The van der Waals surface area contributed by atoms with E-state index in [1.165, 1.54) is 0 Å². The van der Waals surface area contributed by atoms with Gasteiger partial charge in [-0.2, -0.15) is 0 Å². The SMILES string of the molecule is CCCCCCOP(=O)([O-])[O-].[Ni+2]. The molecule has 0 saturated carbocycles. The van der Waals surface area contributed by atoms with E-state index in [9.17, 15) is 14.4 Å². The first-order chi connectivity index (χ1) is 5.06. The second-order valence-corrected chi connectivity index (χ2v) is 3.49. The second-order valence-electron chi connectivity index (χ2n) is 2.34. The molecule has 0 spiro atoms. The van der Waals surface area contributed by atoms with Crippen molar-refractivity contribution in [1.29, 1.82) is 0 Å². The summed E-state index contributed by atoms with van der Waals surface area (Å²) in [6.07, 6.45) is 3.68. The normalized spacial score (nSPS) is 10.9. The molecule has 0 aliphatic carbocycles. The van der Waals surface area contributed by atoms with E-state index in [-0.39, 0.29) is 23.1 Å². The minimum Gasteiger partial charge on any atom is -0.790 e. The minimum atomic E-state index is -4.71. The third-order valence-corrected chi connectivity index (χ3v) is 1.75. The average molecular weight is 239 g/mol. The summed E-state index contributed by atoms with van der Waals surface area (Å²) in [5, 5.41) is 0. The van der Waals surface area contributed by atoms with Crippen molar-refractivity contribution in [2.45, 2.75) is 32.6 Å². The molecular weight excluding hydrogens is 226 g/mol. The van der Waals surface area contributed by atoms with Crippen molar-refractivity contribution >= 4 is 7.82 Å². The summed E-state index contributed by atoms with van der Waals surface area (Å²) in [5.41, 5.74) is 0. The molecule has 0 aromatic carbocycles. The van der Waals surface area contributed by atoms with Crippen molar-refractivity contribution in [1.82, 2.24) is 0 Å². The van der Waals surface area contributed by atoms with Gasteiger partial charge in [-0.25, -0.2) is 0 Å². The number of phosphoric acid groups is 1. The van der Waals surface area contributed by atoms with Crippen LogP contribution in [0, 0.1) is 0 Å². The number of hydrogen-bond acceptors (Lipinski definition) is 4. The zero-order valence-corrected chi connectivity index (χ0v) is 8.81. The molecule has 6 heteroatoms. The van der Waals surface area contributed by atoms with E-state index in [1.807, 2.05) is 6.92 Å². The summed E-state index contributed by atoms with van der Waals surface area (Å²) in [5.74, 6) is 0. The van der Waals surface area contributed by atoms with Gasteiger partial charge in [-0.15, -0.1) is 0 Å². The van der Waals surface area contributed by atoms with Crippen LogP contribution in [-0.4, -0.2) is 6.61 Å². The van der Waals surface area contributed by atoms with Crippen LogP contribution in [-0.2, 0) is 25.6 Å². The van der Waals surface area contributed by atoms with Crippen LogP contribution in [0.2, 0.25) is 0 Å². The summed E-state index contributed by atoms with van der Waals surface area (Å²) >= 11 is 0. The van der Waals surface area contributed by atoms with Gasteiger partial charge < -0.3 is 18.9 Å². The smallest absolute Gasteiger partial charge is 0.790 e. The van der Waals surface area contributed by atoms with Gasteiger partial charge in [0.15, 0.2) is 0 Å². The van der Waals surface area contributed by atoms with Crippen LogP contribution in [0.1, 0.15) is 32.6 Å². The molecule has 0 aliphatic rings. The van der Waals surface area contributed by atoms with E-state index in [2.05, 4.69) is 4.52 Å². The van der Waals surface area contributed by atoms with Crippen molar-refractivity contribution in [3.63, 3.8) is 0 Å². The predicted octanol–water partition coefficient (Wildman–Crippen LogP) is 0.409. The summed E-state index contributed by atoms with van der Waals surface area (Å²) in [6, 6.07) is 0. The molecule has 0 aromatic rings. The Kier molecular flexibility index (Phi) is 10.3. The maximum Gasteiger partial charge on any atom is 2.00 e. The summed E-state index contributed by atoms with van der Waals surface area (Å²) < 4.78 is 13.9. The fourth-order valence-electron chi connectivity index (χ4n) is 0.705. The Balaban J connectivity index is 0. The van der Waals surface area contributed by atoms with Crippen LogP contribution in [0.4, 0.5) is 0 Å². The Bertz CT molecular complexity index is 136. The van der Waals surface area contributed by atoms with Crippen LogP contribution in [0.3, 0.4) is 0 Å². The van der Waals surface area contributed by atoms with E-state index in [1.54, 1.807) is 0 Å². The van der Waals surface area contributed by atoms with Crippen molar-refractivity contribution < 1.29 is 35.4 Å². The molecule has 0 heterocycles. The Morgan fingerprint density at radius 1 is 1.25 bits per heavy atom. The van der Waals surface area contributed by atoms with E-state index in [0.717, 1.165) is 19.3 Å². The maximum absolute atomic E-state index is 9.91. The molecule has 0 saturated heterocycles. The van der Waals surface area contributed by atoms with Crippen molar-refractivity contribution in [3.05, 3.63) is 0 Å². The van der Waals surface area contributed by atoms with Crippen LogP contribution < -0.4 is 9.79 Å². The molecule has 4 nitrogen and oxygen atoms in total. The first-order valence-corrected chi connectivity index (χ1v) is 5.19. The maximum atomic E-state index is 9.91. The molecule has 0 aliphatic heterocycles. The molecule has 0 radical (unpaired) electrons. The summed E-state index contributed by atoms with van der Waals surface area (Å²) in [7, 11) is -4.71. The third-order valence-electron chi connectivity index (χ3n) is 1.25. The van der Waals surface area contributed by atoms with Gasteiger partial charge in [-0.1, -0.05) is 26.2 Å². The van der Waals surface area contributed by atoms with Crippen LogP contribution >= 0.6 is 7.82 Å². The van der Waals surface area contributed by atoms with Crippen LogP contribution in [0.15, 0.2) is 0 Å². The zero-order chi connectivity index (χ0) is 8.74. The molecule has 76 valence electrons. The molecule has 0 rings (SSSR count). The van der Waals surface area contributed by atoms with Crippen molar-refractivity contribution in [2.75, 3.05) is 6.61 Å². The average Bonchev–Trinajstić information content (AvgIpc) is 1.85.